The molecule has 2 unspecified atom stereocenters. The average molecular weight is 331 g/mol. The summed E-state index contributed by atoms with van der Waals surface area (Å²) in [5.74, 6) is -2.80. The first-order chi connectivity index (χ1) is 10.7. The van der Waals surface area contributed by atoms with E-state index in [-0.39, 0.29) is 19.5 Å². The molecule has 0 saturated heterocycles. The molecule has 23 heavy (non-hydrogen) atoms. The van der Waals surface area contributed by atoms with Crippen LogP contribution in [0.4, 0.5) is 8.78 Å². The van der Waals surface area contributed by atoms with Crippen LogP contribution < -0.4 is 16.6 Å². The molecule has 0 radical (unpaired) electrons. The van der Waals surface area contributed by atoms with Crippen LogP contribution in [0.5, 0.6) is 0 Å². The molecule has 1 aliphatic rings. The number of carbonyl (C=O) groups excluding carboxylic acids is 1. The molecule has 1 heterocycles. The van der Waals surface area contributed by atoms with Crippen molar-refractivity contribution in [2.75, 3.05) is 6.54 Å². The minimum Gasteiger partial charge on any atom is -0.477 e. The summed E-state index contributed by atoms with van der Waals surface area (Å²) in [7, 11) is 0. The summed E-state index contributed by atoms with van der Waals surface area (Å²) in [5, 5.41) is 11.2. The van der Waals surface area contributed by atoms with Gasteiger partial charge in [-0.15, -0.1) is 0 Å². The number of H-pyrrole nitrogens is 1. The normalized spacial score (nSPS) is 22.9. The van der Waals surface area contributed by atoms with E-state index in [1.54, 1.807) is 0 Å². The molecule has 1 aliphatic carbocycles. The van der Waals surface area contributed by atoms with Crippen molar-refractivity contribution in [3.05, 3.63) is 32.6 Å². The fourth-order valence-corrected chi connectivity index (χ4v) is 2.26. The standard InChI is InChI=1S/C13H15F2N3O5/c1-13(11(14)15)4-7(13)9(20)16-2-3-18-5-6(10(21)22)8(19)17-12(18)23/h5,7,11H,2-4H2,1H3,(H,16,20)(H,21,22)(H,17,19,23). The molecule has 0 spiro atoms. The third kappa shape index (κ3) is 3.30. The van der Waals surface area contributed by atoms with E-state index < -0.39 is 46.4 Å². The van der Waals surface area contributed by atoms with Gasteiger partial charge in [0.1, 0.15) is 5.56 Å². The van der Waals surface area contributed by atoms with Crippen LogP contribution in [-0.2, 0) is 11.3 Å². The van der Waals surface area contributed by atoms with E-state index in [1.165, 1.54) is 6.92 Å². The maximum Gasteiger partial charge on any atom is 0.342 e. The SMILES string of the molecule is CC1(C(F)F)CC1C(=O)NCCn1cc(C(=O)O)c(=O)[nH]c1=O. The summed E-state index contributed by atoms with van der Waals surface area (Å²) >= 11 is 0. The van der Waals surface area contributed by atoms with Gasteiger partial charge in [0.05, 0.1) is 0 Å². The molecule has 2 rings (SSSR count). The van der Waals surface area contributed by atoms with E-state index in [0.717, 1.165) is 10.8 Å². The van der Waals surface area contributed by atoms with E-state index >= 15 is 0 Å². The Morgan fingerprint density at radius 1 is 1.52 bits per heavy atom. The number of amides is 1. The largest absolute Gasteiger partial charge is 0.477 e. The molecule has 0 aromatic carbocycles. The number of aromatic carboxylic acids is 1. The number of nitrogens with zero attached hydrogens (tertiary/aromatic N) is 1. The second-order valence-corrected chi connectivity index (χ2v) is 5.65. The van der Waals surface area contributed by atoms with E-state index in [4.69, 9.17) is 5.11 Å². The van der Waals surface area contributed by atoms with Crippen LogP contribution in [0.15, 0.2) is 15.8 Å². The van der Waals surface area contributed by atoms with Crippen molar-refractivity contribution in [2.45, 2.75) is 26.3 Å². The number of carboxylic acid groups (broad SMARTS) is 1. The molecular formula is C13H15F2N3O5. The number of nitrogens with one attached hydrogen (secondary N) is 2. The monoisotopic (exact) mass is 331 g/mol. The van der Waals surface area contributed by atoms with Gasteiger partial charge in [-0.1, -0.05) is 6.92 Å². The predicted octanol–water partition coefficient (Wildman–Crippen LogP) is -0.358. The lowest BCUT2D eigenvalue weighted by Gasteiger charge is -2.11. The van der Waals surface area contributed by atoms with Gasteiger partial charge in [0, 0.05) is 30.6 Å². The van der Waals surface area contributed by atoms with Crippen LogP contribution in [0.1, 0.15) is 23.7 Å². The predicted molar refractivity (Wildman–Crippen MR) is 73.5 cm³/mol. The Balaban J connectivity index is 1.96. The lowest BCUT2D eigenvalue weighted by atomic mass is 10.1. The zero-order valence-electron chi connectivity index (χ0n) is 12.1. The molecular weight excluding hydrogens is 316 g/mol. The Kier molecular flexibility index (Phi) is 4.35. The van der Waals surface area contributed by atoms with Crippen molar-refractivity contribution in [3.63, 3.8) is 0 Å². The molecule has 0 bridgehead atoms. The highest BCUT2D eigenvalue weighted by Crippen LogP contribution is 2.56. The van der Waals surface area contributed by atoms with Crippen molar-refractivity contribution in [2.24, 2.45) is 11.3 Å². The summed E-state index contributed by atoms with van der Waals surface area (Å²) < 4.78 is 26.3. The zero-order valence-corrected chi connectivity index (χ0v) is 12.1. The van der Waals surface area contributed by atoms with Gasteiger partial charge in [0.15, 0.2) is 0 Å². The number of halogens is 2. The first kappa shape index (κ1) is 16.8. The van der Waals surface area contributed by atoms with E-state index in [9.17, 15) is 28.0 Å². The van der Waals surface area contributed by atoms with Crippen LogP contribution in [0.2, 0.25) is 0 Å². The highest BCUT2D eigenvalue weighted by molar-refractivity contribution is 5.86. The van der Waals surface area contributed by atoms with Crippen LogP contribution in [-0.4, -0.2) is 39.5 Å². The van der Waals surface area contributed by atoms with Crippen molar-refractivity contribution in [1.82, 2.24) is 14.9 Å². The van der Waals surface area contributed by atoms with E-state index in [0.29, 0.717) is 0 Å². The number of alkyl halides is 2. The summed E-state index contributed by atoms with van der Waals surface area (Å²) in [5.41, 5.74) is -3.76. The Bertz CT molecular complexity index is 757. The lowest BCUT2D eigenvalue weighted by molar-refractivity contribution is -0.124. The van der Waals surface area contributed by atoms with Gasteiger partial charge in [-0.05, 0) is 6.42 Å². The van der Waals surface area contributed by atoms with E-state index in [1.807, 2.05) is 4.98 Å². The number of aromatic nitrogens is 2. The summed E-state index contributed by atoms with van der Waals surface area (Å²) in [6.45, 7) is 1.17. The third-order valence-electron chi connectivity index (χ3n) is 3.99. The zero-order chi connectivity index (χ0) is 17.4. The van der Waals surface area contributed by atoms with Gasteiger partial charge in [-0.25, -0.2) is 18.4 Å². The Morgan fingerprint density at radius 3 is 2.70 bits per heavy atom. The van der Waals surface area contributed by atoms with Gasteiger partial charge >= 0.3 is 11.7 Å². The molecule has 8 nitrogen and oxygen atoms in total. The van der Waals surface area contributed by atoms with Crippen molar-refractivity contribution >= 4 is 11.9 Å². The second kappa shape index (κ2) is 5.94. The van der Waals surface area contributed by atoms with Crippen LogP contribution >= 0.6 is 0 Å². The third-order valence-corrected chi connectivity index (χ3v) is 3.99. The number of hydrogen-bond donors (Lipinski definition) is 3. The number of carboxylic acids is 1. The minimum absolute atomic E-state index is 0.0559. The maximum absolute atomic E-state index is 12.7. The molecule has 1 amide bonds. The van der Waals surface area contributed by atoms with Crippen molar-refractivity contribution in [1.29, 1.82) is 0 Å². The first-order valence-electron chi connectivity index (χ1n) is 6.79. The molecule has 126 valence electrons. The molecule has 3 N–H and O–H groups in total. The van der Waals surface area contributed by atoms with Crippen molar-refractivity contribution in [3.8, 4) is 0 Å². The van der Waals surface area contributed by atoms with Crippen molar-refractivity contribution < 1.29 is 23.5 Å². The molecule has 1 aromatic heterocycles. The van der Waals surface area contributed by atoms with Gasteiger partial charge in [-0.3, -0.25) is 19.1 Å². The Labute approximate surface area is 128 Å². The van der Waals surface area contributed by atoms with Crippen LogP contribution in [0.3, 0.4) is 0 Å². The fraction of sp³-hybridized carbons (Fsp3) is 0.538. The molecule has 2 atom stereocenters. The maximum atomic E-state index is 12.7. The summed E-state index contributed by atoms with van der Waals surface area (Å²) in [6.07, 6.45) is -1.62. The molecule has 1 saturated carbocycles. The second-order valence-electron chi connectivity index (χ2n) is 5.65. The number of carbonyl (C=O) groups is 2. The number of hydrogen-bond acceptors (Lipinski definition) is 4. The molecule has 10 heteroatoms. The molecule has 0 aliphatic heterocycles. The van der Waals surface area contributed by atoms with Gasteiger partial charge in [-0.2, -0.15) is 0 Å². The minimum atomic E-state index is -2.59. The number of rotatable bonds is 6. The van der Waals surface area contributed by atoms with Gasteiger partial charge in [0.25, 0.3) is 5.56 Å². The summed E-state index contributed by atoms with van der Waals surface area (Å²) in [6, 6.07) is 0. The Hall–Kier alpha value is -2.52. The highest BCUT2D eigenvalue weighted by atomic mass is 19.3. The van der Waals surface area contributed by atoms with Gasteiger partial charge in [0.2, 0.25) is 12.3 Å². The topological polar surface area (TPSA) is 121 Å². The first-order valence-corrected chi connectivity index (χ1v) is 6.79. The lowest BCUT2D eigenvalue weighted by Crippen LogP contribution is -2.37. The fourth-order valence-electron chi connectivity index (χ4n) is 2.26. The Morgan fingerprint density at radius 2 is 2.17 bits per heavy atom. The van der Waals surface area contributed by atoms with Crippen LogP contribution in [0, 0.1) is 11.3 Å². The molecule has 1 fully saturated rings. The van der Waals surface area contributed by atoms with Gasteiger partial charge < -0.3 is 10.4 Å². The van der Waals surface area contributed by atoms with Crippen LogP contribution in [0.25, 0.3) is 0 Å². The summed E-state index contributed by atoms with van der Waals surface area (Å²) in [4.78, 5) is 47.2. The quantitative estimate of drug-likeness (QED) is 0.657. The number of aromatic amines is 1. The smallest absolute Gasteiger partial charge is 0.342 e. The highest BCUT2D eigenvalue weighted by Gasteiger charge is 2.60. The molecule has 1 aromatic rings. The average Bonchev–Trinajstić information content (AvgIpc) is 3.14. The van der Waals surface area contributed by atoms with E-state index in [2.05, 4.69) is 5.32 Å².